The third kappa shape index (κ3) is 2.41. The number of nitrogens with zero attached hydrogens (tertiary/aromatic N) is 3. The third-order valence-corrected chi connectivity index (χ3v) is 3.25. The minimum atomic E-state index is -0.383. The maximum atomic E-state index is 11.4. The Balaban J connectivity index is 1.89. The van der Waals surface area contributed by atoms with Crippen molar-refractivity contribution in [2.24, 2.45) is 0 Å². The molecule has 0 saturated carbocycles. The van der Waals surface area contributed by atoms with E-state index < -0.39 is 0 Å². The summed E-state index contributed by atoms with van der Waals surface area (Å²) in [5.41, 5.74) is 1.43. The van der Waals surface area contributed by atoms with Gasteiger partial charge in [-0.2, -0.15) is 5.10 Å². The molecule has 0 radical (unpaired) electrons. The molecule has 1 aliphatic heterocycles. The Kier molecular flexibility index (Phi) is 2.88. The van der Waals surface area contributed by atoms with Crippen LogP contribution in [0.4, 0.5) is 4.79 Å². The highest BCUT2D eigenvalue weighted by molar-refractivity contribution is 8.18. The number of imide groups is 1. The number of carbonyl (C=O) groups excluding carboxylic acids is 2. The number of hydrogen-bond acceptors (Lipinski definition) is 5. The van der Waals surface area contributed by atoms with Crippen LogP contribution in [0.5, 0.6) is 0 Å². The first kappa shape index (κ1) is 11.7. The summed E-state index contributed by atoms with van der Waals surface area (Å²) >= 11 is 0.873. The minimum Gasteiger partial charge on any atom is -0.282 e. The molecule has 3 heterocycles. The lowest BCUT2D eigenvalue weighted by Gasteiger charge is -1.98. The summed E-state index contributed by atoms with van der Waals surface area (Å²) in [7, 11) is 0. The van der Waals surface area contributed by atoms with Crippen LogP contribution in [-0.2, 0) is 4.79 Å². The molecule has 19 heavy (non-hydrogen) atoms. The summed E-state index contributed by atoms with van der Waals surface area (Å²) in [5.74, 6) is -0.383. The maximum absolute atomic E-state index is 11.4. The molecular weight excluding hydrogens is 264 g/mol. The van der Waals surface area contributed by atoms with Crippen LogP contribution >= 0.6 is 11.8 Å². The molecule has 3 rings (SSSR count). The van der Waals surface area contributed by atoms with Crippen molar-refractivity contribution in [3.8, 4) is 5.69 Å². The fourth-order valence-electron chi connectivity index (χ4n) is 1.60. The topological polar surface area (TPSA) is 76.9 Å². The standard InChI is InChI=1S/C12H8N4O2S/c17-11-10(19-12(18)14-11)6-8-3-5-16(15-8)9-2-1-4-13-7-9/h1-7H,(H,14,17,18)/b10-6-. The summed E-state index contributed by atoms with van der Waals surface area (Å²) in [5, 5.41) is 6.14. The van der Waals surface area contributed by atoms with Crippen molar-refractivity contribution in [2.75, 3.05) is 0 Å². The molecule has 0 atom stereocenters. The van der Waals surface area contributed by atoms with E-state index in [-0.39, 0.29) is 11.1 Å². The molecule has 2 aromatic rings. The van der Waals surface area contributed by atoms with Crippen LogP contribution in [0.25, 0.3) is 11.8 Å². The van der Waals surface area contributed by atoms with Crippen molar-refractivity contribution >= 4 is 29.0 Å². The largest absolute Gasteiger partial charge is 0.290 e. The first-order valence-electron chi connectivity index (χ1n) is 5.43. The van der Waals surface area contributed by atoms with Crippen molar-refractivity contribution in [3.05, 3.63) is 47.4 Å². The van der Waals surface area contributed by atoms with Gasteiger partial charge < -0.3 is 0 Å². The van der Waals surface area contributed by atoms with E-state index in [2.05, 4.69) is 15.4 Å². The number of aromatic nitrogens is 3. The van der Waals surface area contributed by atoms with E-state index in [9.17, 15) is 9.59 Å². The van der Waals surface area contributed by atoms with Gasteiger partial charge in [0.25, 0.3) is 11.1 Å². The van der Waals surface area contributed by atoms with Crippen LogP contribution in [0.2, 0.25) is 0 Å². The van der Waals surface area contributed by atoms with Crippen LogP contribution in [0.1, 0.15) is 5.69 Å². The highest BCUT2D eigenvalue weighted by Crippen LogP contribution is 2.25. The second kappa shape index (κ2) is 4.69. The zero-order valence-corrected chi connectivity index (χ0v) is 10.4. The van der Waals surface area contributed by atoms with E-state index in [0.29, 0.717) is 10.6 Å². The summed E-state index contributed by atoms with van der Waals surface area (Å²) in [4.78, 5) is 26.8. The van der Waals surface area contributed by atoms with Gasteiger partial charge in [-0.15, -0.1) is 0 Å². The van der Waals surface area contributed by atoms with Gasteiger partial charge in [-0.1, -0.05) is 0 Å². The molecule has 1 fully saturated rings. The Morgan fingerprint density at radius 3 is 2.89 bits per heavy atom. The van der Waals surface area contributed by atoms with Crippen LogP contribution in [0.15, 0.2) is 41.7 Å². The van der Waals surface area contributed by atoms with Crippen LogP contribution in [-0.4, -0.2) is 25.9 Å². The number of amides is 2. The normalized spacial score (nSPS) is 16.9. The summed E-state index contributed by atoms with van der Waals surface area (Å²) in [6, 6.07) is 5.45. The molecule has 0 aliphatic carbocycles. The van der Waals surface area contributed by atoms with Crippen molar-refractivity contribution in [3.63, 3.8) is 0 Å². The zero-order chi connectivity index (χ0) is 13.2. The maximum Gasteiger partial charge on any atom is 0.290 e. The first-order chi connectivity index (χ1) is 9.22. The number of thioether (sulfide) groups is 1. The zero-order valence-electron chi connectivity index (χ0n) is 9.61. The number of nitrogens with one attached hydrogen (secondary N) is 1. The quantitative estimate of drug-likeness (QED) is 0.840. The molecule has 0 aromatic carbocycles. The van der Waals surface area contributed by atoms with Crippen molar-refractivity contribution in [1.82, 2.24) is 20.1 Å². The molecule has 94 valence electrons. The van der Waals surface area contributed by atoms with Gasteiger partial charge in [0.1, 0.15) is 0 Å². The monoisotopic (exact) mass is 272 g/mol. The van der Waals surface area contributed by atoms with E-state index >= 15 is 0 Å². The van der Waals surface area contributed by atoms with Crippen LogP contribution < -0.4 is 5.32 Å². The molecule has 0 unspecified atom stereocenters. The second-order valence-corrected chi connectivity index (χ2v) is 4.76. The van der Waals surface area contributed by atoms with Gasteiger partial charge in [0.05, 0.1) is 22.5 Å². The Hall–Kier alpha value is -2.41. The highest BCUT2D eigenvalue weighted by Gasteiger charge is 2.25. The molecule has 1 aliphatic rings. The Labute approximate surface area is 112 Å². The third-order valence-electron chi connectivity index (χ3n) is 2.44. The van der Waals surface area contributed by atoms with Crippen molar-refractivity contribution in [1.29, 1.82) is 0 Å². The average Bonchev–Trinajstić information content (AvgIpc) is 2.99. The predicted octanol–water partition coefficient (Wildman–Crippen LogP) is 1.59. The molecule has 2 aromatic heterocycles. The summed E-state index contributed by atoms with van der Waals surface area (Å²) < 4.78 is 1.65. The van der Waals surface area contributed by atoms with Crippen molar-refractivity contribution in [2.45, 2.75) is 0 Å². The molecular formula is C12H8N4O2S. The Morgan fingerprint density at radius 1 is 1.32 bits per heavy atom. The van der Waals surface area contributed by atoms with Gasteiger partial charge in [0.15, 0.2) is 0 Å². The minimum absolute atomic E-state index is 0.349. The predicted molar refractivity (Wildman–Crippen MR) is 70.5 cm³/mol. The van der Waals surface area contributed by atoms with E-state index in [0.717, 1.165) is 17.4 Å². The lowest BCUT2D eigenvalue weighted by atomic mass is 10.3. The Morgan fingerprint density at radius 2 is 2.21 bits per heavy atom. The molecule has 1 N–H and O–H groups in total. The molecule has 0 bridgehead atoms. The number of hydrogen-bond donors (Lipinski definition) is 1. The summed E-state index contributed by atoms with van der Waals surface area (Å²) in [6.07, 6.45) is 6.71. The number of rotatable bonds is 2. The van der Waals surface area contributed by atoms with Crippen LogP contribution in [0, 0.1) is 0 Å². The van der Waals surface area contributed by atoms with Crippen molar-refractivity contribution < 1.29 is 9.59 Å². The number of pyridine rings is 1. The van der Waals surface area contributed by atoms with Gasteiger partial charge in [-0.05, 0) is 36.0 Å². The molecule has 7 heteroatoms. The van der Waals surface area contributed by atoms with Gasteiger partial charge in [0, 0.05) is 12.4 Å². The second-order valence-electron chi connectivity index (χ2n) is 3.75. The lowest BCUT2D eigenvalue weighted by Crippen LogP contribution is -2.17. The fraction of sp³-hybridized carbons (Fsp3) is 0. The van der Waals surface area contributed by atoms with Gasteiger partial charge in [-0.25, -0.2) is 4.68 Å². The molecule has 1 saturated heterocycles. The first-order valence-corrected chi connectivity index (χ1v) is 6.25. The van der Waals surface area contributed by atoms with Gasteiger partial charge >= 0.3 is 0 Å². The summed E-state index contributed by atoms with van der Waals surface area (Å²) in [6.45, 7) is 0. The molecule has 6 nitrogen and oxygen atoms in total. The number of carbonyl (C=O) groups is 2. The molecule has 0 spiro atoms. The SMILES string of the molecule is O=C1NC(=O)/C(=C/c2ccn(-c3cccnc3)n2)S1. The van der Waals surface area contributed by atoms with Gasteiger partial charge in [-0.3, -0.25) is 19.9 Å². The lowest BCUT2D eigenvalue weighted by molar-refractivity contribution is -0.115. The highest BCUT2D eigenvalue weighted by atomic mass is 32.2. The van der Waals surface area contributed by atoms with E-state index in [1.807, 2.05) is 12.1 Å². The van der Waals surface area contributed by atoms with E-state index in [1.165, 1.54) is 0 Å². The van der Waals surface area contributed by atoms with Crippen LogP contribution in [0.3, 0.4) is 0 Å². The smallest absolute Gasteiger partial charge is 0.282 e. The van der Waals surface area contributed by atoms with Gasteiger partial charge in [0.2, 0.25) is 0 Å². The molecule has 2 amide bonds. The average molecular weight is 272 g/mol. The van der Waals surface area contributed by atoms with E-state index in [1.54, 1.807) is 35.4 Å². The van der Waals surface area contributed by atoms with E-state index in [4.69, 9.17) is 0 Å². The fourth-order valence-corrected chi connectivity index (χ4v) is 2.27. The Bertz CT molecular complexity index is 678.